The maximum Gasteiger partial charge on any atom is 0.195 e. The molecule has 4 N–H and O–H groups in total. The van der Waals surface area contributed by atoms with Crippen molar-refractivity contribution in [2.45, 2.75) is 36.8 Å². The van der Waals surface area contributed by atoms with Gasteiger partial charge in [0.1, 0.15) is 6.17 Å². The number of nitrogens with two attached hydrogens (primary N) is 1. The Morgan fingerprint density at radius 2 is 2.07 bits per heavy atom. The van der Waals surface area contributed by atoms with Gasteiger partial charge in [0.15, 0.2) is 5.90 Å². The van der Waals surface area contributed by atoms with Gasteiger partial charge in [-0.3, -0.25) is 4.99 Å². The van der Waals surface area contributed by atoms with Gasteiger partial charge in [-0.2, -0.15) is 0 Å². The Morgan fingerprint density at radius 3 is 2.83 bits per heavy atom. The Balaban J connectivity index is 1.87. The van der Waals surface area contributed by atoms with Crippen LogP contribution in [0.2, 0.25) is 10.0 Å². The van der Waals surface area contributed by atoms with Crippen LogP contribution in [0.15, 0.2) is 39.8 Å². The second kappa shape index (κ2) is 7.30. The lowest BCUT2D eigenvalue weighted by Gasteiger charge is -2.54. The zero-order valence-electron chi connectivity index (χ0n) is 16.6. The monoisotopic (exact) mass is 508 g/mol. The lowest BCUT2D eigenvalue weighted by atomic mass is 9.52. The predicted molar refractivity (Wildman–Crippen MR) is 127 cm³/mol. The molecule has 158 valence electrons. The zero-order chi connectivity index (χ0) is 21.1. The molecule has 8 heteroatoms. The van der Waals surface area contributed by atoms with Crippen molar-refractivity contribution in [1.82, 2.24) is 0 Å². The number of halogens is 3. The first-order chi connectivity index (χ1) is 14.5. The molecule has 1 spiro atoms. The van der Waals surface area contributed by atoms with Gasteiger partial charge in [-0.05, 0) is 61.7 Å². The van der Waals surface area contributed by atoms with Crippen LogP contribution in [0.5, 0.6) is 0 Å². The molecule has 5 rings (SSSR count). The van der Waals surface area contributed by atoms with Crippen LogP contribution in [0.3, 0.4) is 0 Å². The molecule has 0 bridgehead atoms. The topological polar surface area (TPSA) is 71.7 Å². The van der Waals surface area contributed by atoms with Crippen LogP contribution in [0, 0.1) is 0 Å². The number of anilines is 2. The van der Waals surface area contributed by atoms with Gasteiger partial charge >= 0.3 is 0 Å². The molecular formula is C22H23BrCl2N4O. The van der Waals surface area contributed by atoms with Crippen molar-refractivity contribution in [3.8, 4) is 0 Å². The van der Waals surface area contributed by atoms with E-state index in [4.69, 9.17) is 38.7 Å². The van der Waals surface area contributed by atoms with Crippen LogP contribution in [-0.2, 0) is 15.6 Å². The summed E-state index contributed by atoms with van der Waals surface area (Å²) < 4.78 is 7.23. The van der Waals surface area contributed by atoms with E-state index in [0.717, 1.165) is 40.2 Å². The number of benzene rings is 2. The average Bonchev–Trinajstić information content (AvgIpc) is 3.24. The van der Waals surface area contributed by atoms with Gasteiger partial charge in [-0.1, -0.05) is 45.2 Å². The molecule has 0 unspecified atom stereocenters. The minimum Gasteiger partial charge on any atom is -0.481 e. The standard InChI is InChI=1S/C22H23BrCl2N4O/c1-2-30-20-22(6-8-27-20)14-4-3-12(23)9-17(14)28-19-21(22,5-7-26)15-10-13(24)11-16(25)18(15)29-19/h3-4,9-11,19,28-29H,2,5-8,26H2,1H3/t19-,21+,22-/m0/s1. The molecule has 2 aromatic rings. The van der Waals surface area contributed by atoms with Crippen LogP contribution < -0.4 is 16.4 Å². The largest absolute Gasteiger partial charge is 0.481 e. The summed E-state index contributed by atoms with van der Waals surface area (Å²) >= 11 is 16.8. The highest BCUT2D eigenvalue weighted by Gasteiger charge is 2.68. The first kappa shape index (κ1) is 20.4. The molecule has 0 saturated carbocycles. The van der Waals surface area contributed by atoms with Gasteiger partial charge < -0.3 is 21.1 Å². The fourth-order valence-electron chi connectivity index (χ4n) is 5.79. The number of nitrogens with one attached hydrogen (secondary N) is 2. The maximum atomic E-state index is 6.66. The Labute approximate surface area is 194 Å². The summed E-state index contributed by atoms with van der Waals surface area (Å²) in [6, 6.07) is 10.2. The number of rotatable bonds is 3. The van der Waals surface area contributed by atoms with Crippen molar-refractivity contribution in [1.29, 1.82) is 0 Å². The van der Waals surface area contributed by atoms with E-state index in [0.29, 0.717) is 29.7 Å². The first-order valence-corrected chi connectivity index (χ1v) is 11.7. The third kappa shape index (κ3) is 2.54. The summed E-state index contributed by atoms with van der Waals surface area (Å²) in [5.74, 6) is 0.777. The molecule has 2 aromatic carbocycles. The van der Waals surface area contributed by atoms with E-state index >= 15 is 0 Å². The Hall–Kier alpha value is -1.47. The molecule has 0 radical (unpaired) electrons. The van der Waals surface area contributed by atoms with Crippen molar-refractivity contribution >= 4 is 56.4 Å². The van der Waals surface area contributed by atoms with Gasteiger partial charge in [0.2, 0.25) is 0 Å². The normalized spacial score (nSPS) is 28.3. The summed E-state index contributed by atoms with van der Waals surface area (Å²) in [7, 11) is 0. The number of nitrogens with zero attached hydrogens (tertiary/aromatic N) is 1. The van der Waals surface area contributed by atoms with Gasteiger partial charge in [0.05, 0.1) is 28.1 Å². The first-order valence-electron chi connectivity index (χ1n) is 10.2. The Kier molecular flexibility index (Phi) is 4.97. The van der Waals surface area contributed by atoms with Gasteiger partial charge in [0, 0.05) is 21.7 Å². The van der Waals surface area contributed by atoms with Crippen molar-refractivity contribution in [3.63, 3.8) is 0 Å². The zero-order valence-corrected chi connectivity index (χ0v) is 19.7. The highest BCUT2D eigenvalue weighted by Crippen LogP contribution is 2.63. The molecule has 0 aromatic heterocycles. The number of ether oxygens (including phenoxy) is 1. The molecule has 0 aliphatic carbocycles. The molecule has 0 saturated heterocycles. The summed E-state index contributed by atoms with van der Waals surface area (Å²) in [6.07, 6.45) is 1.43. The van der Waals surface area contributed by atoms with Crippen molar-refractivity contribution in [2.24, 2.45) is 10.7 Å². The third-order valence-electron chi connectivity index (χ3n) is 6.75. The minimum absolute atomic E-state index is 0.127. The van der Waals surface area contributed by atoms with Crippen LogP contribution in [0.25, 0.3) is 0 Å². The Morgan fingerprint density at radius 1 is 1.23 bits per heavy atom. The molecule has 3 heterocycles. The fourth-order valence-corrected chi connectivity index (χ4v) is 6.70. The molecule has 5 nitrogen and oxygen atoms in total. The van der Waals surface area contributed by atoms with Crippen LogP contribution in [-0.4, -0.2) is 31.8 Å². The molecule has 0 fully saturated rings. The predicted octanol–water partition coefficient (Wildman–Crippen LogP) is 5.30. The highest BCUT2D eigenvalue weighted by atomic mass is 79.9. The van der Waals surface area contributed by atoms with Crippen molar-refractivity contribution in [2.75, 3.05) is 30.3 Å². The number of hydrogen-bond acceptors (Lipinski definition) is 5. The summed E-state index contributed by atoms with van der Waals surface area (Å²) in [6.45, 7) is 3.77. The lowest BCUT2D eigenvalue weighted by Crippen LogP contribution is -2.64. The number of fused-ring (bicyclic) bond motifs is 6. The molecule has 3 aliphatic rings. The lowest BCUT2D eigenvalue weighted by molar-refractivity contribution is 0.197. The average molecular weight is 510 g/mol. The van der Waals surface area contributed by atoms with E-state index in [2.05, 4.69) is 44.8 Å². The van der Waals surface area contributed by atoms with Crippen LogP contribution in [0.4, 0.5) is 11.4 Å². The summed E-state index contributed by atoms with van der Waals surface area (Å²) in [5.41, 5.74) is 9.53. The van der Waals surface area contributed by atoms with E-state index in [-0.39, 0.29) is 6.17 Å². The Bertz CT molecular complexity index is 1060. The molecule has 0 amide bonds. The van der Waals surface area contributed by atoms with E-state index in [9.17, 15) is 0 Å². The smallest absolute Gasteiger partial charge is 0.195 e. The SMILES string of the molecule is CCOC1=NCC[C@]12c1ccc(Br)cc1N[C@H]1Nc3c(Cl)cc(Cl)cc3[C@]12CCN. The van der Waals surface area contributed by atoms with E-state index < -0.39 is 10.8 Å². The van der Waals surface area contributed by atoms with Gasteiger partial charge in [-0.15, -0.1) is 0 Å². The highest BCUT2D eigenvalue weighted by molar-refractivity contribution is 9.10. The second-order valence-corrected chi connectivity index (χ2v) is 9.77. The van der Waals surface area contributed by atoms with Crippen LogP contribution in [0.1, 0.15) is 30.9 Å². The molecule has 3 atom stereocenters. The second-order valence-electron chi connectivity index (χ2n) is 8.01. The summed E-state index contributed by atoms with van der Waals surface area (Å²) in [5, 5.41) is 8.60. The third-order valence-corrected chi connectivity index (χ3v) is 7.76. The van der Waals surface area contributed by atoms with E-state index in [1.54, 1.807) is 6.07 Å². The molecule has 3 aliphatic heterocycles. The van der Waals surface area contributed by atoms with Crippen LogP contribution >= 0.6 is 39.1 Å². The van der Waals surface area contributed by atoms with E-state index in [1.165, 1.54) is 5.56 Å². The van der Waals surface area contributed by atoms with Crippen molar-refractivity contribution in [3.05, 3.63) is 56.0 Å². The molecule has 30 heavy (non-hydrogen) atoms. The van der Waals surface area contributed by atoms with E-state index in [1.807, 2.05) is 13.0 Å². The maximum absolute atomic E-state index is 6.66. The van der Waals surface area contributed by atoms with Gasteiger partial charge in [-0.25, -0.2) is 0 Å². The fraction of sp³-hybridized carbons (Fsp3) is 0.409. The number of hydrogen-bond donors (Lipinski definition) is 3. The van der Waals surface area contributed by atoms with Crippen molar-refractivity contribution < 1.29 is 4.74 Å². The van der Waals surface area contributed by atoms with Gasteiger partial charge in [0.25, 0.3) is 0 Å². The minimum atomic E-state index is -0.472. The quantitative estimate of drug-likeness (QED) is 0.525. The number of aliphatic imine (C=N–C) groups is 1. The molecular weight excluding hydrogens is 487 g/mol. The summed E-state index contributed by atoms with van der Waals surface area (Å²) in [4.78, 5) is 4.85.